The van der Waals surface area contributed by atoms with E-state index in [2.05, 4.69) is 115 Å². The monoisotopic (exact) mass is 429 g/mol. The molecular formula is C30H23NS. The number of aromatic nitrogens is 1. The van der Waals surface area contributed by atoms with Crippen LogP contribution >= 0.6 is 11.8 Å². The van der Waals surface area contributed by atoms with Gasteiger partial charge >= 0.3 is 0 Å². The largest absolute Gasteiger partial charge is 0.255 e. The highest BCUT2D eigenvalue weighted by atomic mass is 32.2. The zero-order valence-electron chi connectivity index (χ0n) is 17.6. The van der Waals surface area contributed by atoms with Gasteiger partial charge in [0.05, 0.1) is 10.4 Å². The van der Waals surface area contributed by atoms with Crippen molar-refractivity contribution in [2.24, 2.45) is 0 Å². The summed E-state index contributed by atoms with van der Waals surface area (Å²) in [4.78, 5) is 5.92. The molecule has 1 nitrogen and oxygen atoms in total. The normalized spacial score (nSPS) is 11.2. The molecular weight excluding hydrogens is 406 g/mol. The highest BCUT2D eigenvalue weighted by molar-refractivity contribution is 8.00. The third-order valence-electron chi connectivity index (χ3n) is 5.62. The van der Waals surface area contributed by atoms with Crippen molar-refractivity contribution in [2.75, 3.05) is 0 Å². The van der Waals surface area contributed by atoms with E-state index in [-0.39, 0.29) is 4.75 Å². The highest BCUT2D eigenvalue weighted by Gasteiger charge is 2.37. The van der Waals surface area contributed by atoms with Gasteiger partial charge < -0.3 is 0 Å². The fraction of sp³-hybridized carbons (Fsp3) is 0.0333. The summed E-state index contributed by atoms with van der Waals surface area (Å²) in [5, 5.41) is 0. The van der Waals surface area contributed by atoms with Crippen LogP contribution in [0.1, 0.15) is 16.7 Å². The lowest BCUT2D eigenvalue weighted by Crippen LogP contribution is -2.25. The van der Waals surface area contributed by atoms with Crippen LogP contribution < -0.4 is 0 Å². The third-order valence-corrected chi connectivity index (χ3v) is 7.11. The number of nitrogens with zero attached hydrogens (tertiary/aromatic N) is 1. The fourth-order valence-electron chi connectivity index (χ4n) is 4.09. The quantitative estimate of drug-likeness (QED) is 0.201. The number of rotatable bonds is 6. The number of benzene rings is 4. The number of thioether (sulfide) groups is 1. The van der Waals surface area contributed by atoms with Crippen LogP contribution in [0.25, 0.3) is 11.3 Å². The van der Waals surface area contributed by atoms with Crippen LogP contribution in [0.5, 0.6) is 0 Å². The van der Waals surface area contributed by atoms with E-state index in [0.29, 0.717) is 0 Å². The lowest BCUT2D eigenvalue weighted by molar-refractivity contribution is 0.893. The van der Waals surface area contributed by atoms with Gasteiger partial charge in [-0.15, -0.1) is 11.8 Å². The van der Waals surface area contributed by atoms with Gasteiger partial charge in [0, 0.05) is 16.7 Å². The standard InChI is InChI=1S/C30H23NS/c1-5-13-24(14-6-1)29-22-21-28(23-31-29)32-30(25-15-7-2-8-16-25,26-17-9-3-10-18-26)27-19-11-4-12-20-27/h1-23H. The minimum Gasteiger partial charge on any atom is -0.255 e. The molecule has 1 aromatic heterocycles. The van der Waals surface area contributed by atoms with Gasteiger partial charge in [-0.25, -0.2) is 0 Å². The van der Waals surface area contributed by atoms with E-state index in [0.717, 1.165) is 16.2 Å². The molecule has 4 aromatic carbocycles. The van der Waals surface area contributed by atoms with Crippen molar-refractivity contribution in [3.05, 3.63) is 156 Å². The van der Waals surface area contributed by atoms with E-state index >= 15 is 0 Å². The molecule has 5 rings (SSSR count). The summed E-state index contributed by atoms with van der Waals surface area (Å²) in [5.74, 6) is 0. The van der Waals surface area contributed by atoms with Crippen molar-refractivity contribution in [1.29, 1.82) is 0 Å². The SMILES string of the molecule is c1ccc(-c2ccc(SC(c3ccccc3)(c3ccccc3)c3ccccc3)cn2)cc1. The summed E-state index contributed by atoms with van der Waals surface area (Å²) >= 11 is 1.84. The molecule has 32 heavy (non-hydrogen) atoms. The average Bonchev–Trinajstić information content (AvgIpc) is 2.90. The number of pyridine rings is 1. The Bertz CT molecular complexity index is 1160. The van der Waals surface area contributed by atoms with Gasteiger partial charge in [0.25, 0.3) is 0 Å². The molecule has 0 unspecified atom stereocenters. The summed E-state index contributed by atoms with van der Waals surface area (Å²) in [6.07, 6.45) is 2.00. The molecule has 0 spiro atoms. The molecule has 0 N–H and O–H groups in total. The molecule has 0 saturated carbocycles. The molecule has 2 heteroatoms. The zero-order valence-corrected chi connectivity index (χ0v) is 18.5. The highest BCUT2D eigenvalue weighted by Crippen LogP contribution is 2.51. The van der Waals surface area contributed by atoms with E-state index < -0.39 is 0 Å². The summed E-state index contributed by atoms with van der Waals surface area (Å²) in [7, 11) is 0. The molecule has 0 saturated heterocycles. The molecule has 0 amide bonds. The van der Waals surface area contributed by atoms with Crippen LogP contribution in [-0.2, 0) is 4.75 Å². The van der Waals surface area contributed by atoms with Crippen molar-refractivity contribution in [1.82, 2.24) is 4.98 Å². The van der Waals surface area contributed by atoms with E-state index in [1.165, 1.54) is 16.7 Å². The molecule has 0 atom stereocenters. The second kappa shape index (κ2) is 9.25. The summed E-state index contributed by atoms with van der Waals surface area (Å²) < 4.78 is -0.389. The minimum absolute atomic E-state index is 0.389. The summed E-state index contributed by atoms with van der Waals surface area (Å²) in [6.45, 7) is 0. The third kappa shape index (κ3) is 3.98. The van der Waals surface area contributed by atoms with Gasteiger partial charge in [-0.1, -0.05) is 121 Å². The summed E-state index contributed by atoms with van der Waals surface area (Å²) in [6, 6.07) is 46.9. The minimum atomic E-state index is -0.389. The molecule has 0 aliphatic heterocycles. The van der Waals surface area contributed by atoms with E-state index in [1.54, 1.807) is 0 Å². The molecule has 1 heterocycles. The van der Waals surface area contributed by atoms with Crippen LogP contribution in [0.15, 0.2) is 145 Å². The molecule has 5 aromatic rings. The maximum absolute atomic E-state index is 4.79. The molecule has 0 aliphatic rings. The van der Waals surface area contributed by atoms with E-state index in [1.807, 2.05) is 36.2 Å². The van der Waals surface area contributed by atoms with Crippen molar-refractivity contribution in [3.63, 3.8) is 0 Å². The van der Waals surface area contributed by atoms with E-state index in [9.17, 15) is 0 Å². The Labute approximate surface area is 193 Å². The Morgan fingerprint density at radius 2 is 0.906 bits per heavy atom. The Balaban J connectivity index is 1.65. The maximum atomic E-state index is 4.79. The van der Waals surface area contributed by atoms with Gasteiger partial charge in [-0.3, -0.25) is 4.98 Å². The van der Waals surface area contributed by atoms with Crippen molar-refractivity contribution in [2.45, 2.75) is 9.64 Å². The van der Waals surface area contributed by atoms with Crippen LogP contribution in [0, 0.1) is 0 Å². The molecule has 154 valence electrons. The first-order chi connectivity index (χ1) is 15.9. The van der Waals surface area contributed by atoms with Crippen molar-refractivity contribution >= 4 is 11.8 Å². The Hall–Kier alpha value is -3.62. The second-order valence-electron chi connectivity index (χ2n) is 7.63. The van der Waals surface area contributed by atoms with Gasteiger partial charge in [-0.2, -0.15) is 0 Å². The first-order valence-corrected chi connectivity index (χ1v) is 11.5. The maximum Gasteiger partial charge on any atom is 0.0954 e. The number of hydrogen-bond acceptors (Lipinski definition) is 2. The lowest BCUT2D eigenvalue weighted by atomic mass is 9.84. The first-order valence-electron chi connectivity index (χ1n) is 10.7. The average molecular weight is 430 g/mol. The molecule has 0 aliphatic carbocycles. The lowest BCUT2D eigenvalue weighted by Gasteiger charge is -2.35. The van der Waals surface area contributed by atoms with Gasteiger partial charge in [-0.05, 0) is 28.8 Å². The van der Waals surface area contributed by atoms with Gasteiger partial charge in [0.15, 0.2) is 0 Å². The molecule has 0 bridgehead atoms. The van der Waals surface area contributed by atoms with Crippen molar-refractivity contribution < 1.29 is 0 Å². The number of hydrogen-bond donors (Lipinski definition) is 0. The predicted molar refractivity (Wildman–Crippen MR) is 135 cm³/mol. The molecule has 0 fully saturated rings. The second-order valence-corrected chi connectivity index (χ2v) is 8.91. The topological polar surface area (TPSA) is 12.9 Å². The zero-order chi connectivity index (χ0) is 21.6. The Kier molecular flexibility index (Phi) is 5.87. The van der Waals surface area contributed by atoms with Gasteiger partial charge in [0.1, 0.15) is 0 Å². The van der Waals surface area contributed by atoms with Crippen LogP contribution in [0.3, 0.4) is 0 Å². The Morgan fingerprint density at radius 1 is 0.469 bits per heavy atom. The predicted octanol–water partition coefficient (Wildman–Crippen LogP) is 7.83. The smallest absolute Gasteiger partial charge is 0.0954 e. The fourth-order valence-corrected chi connectivity index (χ4v) is 5.45. The molecule has 0 radical (unpaired) electrons. The summed E-state index contributed by atoms with van der Waals surface area (Å²) in [5.41, 5.74) is 5.85. The van der Waals surface area contributed by atoms with E-state index in [4.69, 9.17) is 4.98 Å². The Morgan fingerprint density at radius 3 is 1.31 bits per heavy atom. The van der Waals surface area contributed by atoms with Crippen LogP contribution in [-0.4, -0.2) is 4.98 Å². The van der Waals surface area contributed by atoms with Crippen LogP contribution in [0.2, 0.25) is 0 Å². The van der Waals surface area contributed by atoms with Crippen LogP contribution in [0.4, 0.5) is 0 Å². The van der Waals surface area contributed by atoms with Gasteiger partial charge in [0.2, 0.25) is 0 Å². The van der Waals surface area contributed by atoms with Crippen molar-refractivity contribution in [3.8, 4) is 11.3 Å². The first kappa shape index (κ1) is 20.3.